The average Bonchev–Trinajstić information content (AvgIpc) is 2.93. The van der Waals surface area contributed by atoms with Gasteiger partial charge in [-0.25, -0.2) is 12.8 Å². The summed E-state index contributed by atoms with van der Waals surface area (Å²) in [6.45, 7) is 1.88. The molecule has 0 N–H and O–H groups in total. The molecule has 1 amide bonds. The van der Waals surface area contributed by atoms with Crippen molar-refractivity contribution in [1.29, 1.82) is 0 Å². The summed E-state index contributed by atoms with van der Waals surface area (Å²) in [7, 11) is -3.15. The van der Waals surface area contributed by atoms with Gasteiger partial charge in [-0.3, -0.25) is 4.79 Å². The fourth-order valence-corrected chi connectivity index (χ4v) is 6.93. The zero-order valence-corrected chi connectivity index (χ0v) is 15.3. The van der Waals surface area contributed by atoms with Crippen LogP contribution in [0, 0.1) is 5.82 Å². The molecular formula is C15H16ClFN2O3S2. The van der Waals surface area contributed by atoms with Gasteiger partial charge in [-0.2, -0.15) is 4.99 Å². The van der Waals surface area contributed by atoms with Gasteiger partial charge in [-0.15, -0.1) is 0 Å². The summed E-state index contributed by atoms with van der Waals surface area (Å²) in [5, 5.41) is 0.212. The van der Waals surface area contributed by atoms with Crippen LogP contribution in [0.25, 0.3) is 0 Å². The molecule has 2 heterocycles. The second-order valence-electron chi connectivity index (χ2n) is 5.81. The summed E-state index contributed by atoms with van der Waals surface area (Å²) in [4.78, 5) is 17.7. The molecule has 0 spiro atoms. The van der Waals surface area contributed by atoms with E-state index in [0.29, 0.717) is 23.7 Å². The molecule has 2 saturated heterocycles. The number of hydrogen-bond acceptors (Lipinski definition) is 4. The maximum atomic E-state index is 13.8. The minimum atomic E-state index is -3.15. The van der Waals surface area contributed by atoms with Gasteiger partial charge in [0.25, 0.3) is 0 Å². The highest BCUT2D eigenvalue weighted by atomic mass is 35.5. The first-order valence-electron chi connectivity index (χ1n) is 7.53. The molecule has 0 unspecified atom stereocenters. The molecule has 2 aliphatic rings. The van der Waals surface area contributed by atoms with Gasteiger partial charge >= 0.3 is 0 Å². The number of fused-ring (bicyclic) bond motifs is 1. The van der Waals surface area contributed by atoms with Crippen molar-refractivity contribution in [2.24, 2.45) is 4.99 Å². The van der Waals surface area contributed by atoms with Gasteiger partial charge in [0.05, 0.1) is 22.6 Å². The summed E-state index contributed by atoms with van der Waals surface area (Å²) < 4.78 is 37.7. The topological polar surface area (TPSA) is 66.8 Å². The number of benzene rings is 1. The lowest BCUT2D eigenvalue weighted by Gasteiger charge is -2.24. The maximum Gasteiger partial charge on any atom is 0.248 e. The Morgan fingerprint density at radius 3 is 2.88 bits per heavy atom. The summed E-state index contributed by atoms with van der Waals surface area (Å²) in [6.07, 6.45) is 0.998. The van der Waals surface area contributed by atoms with Crippen molar-refractivity contribution in [3.8, 4) is 0 Å². The molecule has 0 saturated carbocycles. The van der Waals surface area contributed by atoms with Crippen molar-refractivity contribution in [1.82, 2.24) is 0 Å². The average molecular weight is 391 g/mol. The van der Waals surface area contributed by atoms with Crippen LogP contribution >= 0.6 is 23.4 Å². The van der Waals surface area contributed by atoms with Crippen molar-refractivity contribution in [3.05, 3.63) is 29.0 Å². The zero-order valence-electron chi connectivity index (χ0n) is 12.9. The first kappa shape index (κ1) is 17.7. The number of carbonyl (C=O) groups excluding carboxylic acids is 1. The fraction of sp³-hybridized carbons (Fsp3) is 0.467. The number of amidine groups is 1. The summed E-state index contributed by atoms with van der Waals surface area (Å²) in [6, 6.07) is 3.92. The highest BCUT2D eigenvalue weighted by Gasteiger charge is 2.49. The van der Waals surface area contributed by atoms with Crippen molar-refractivity contribution in [3.63, 3.8) is 0 Å². The van der Waals surface area contributed by atoms with Crippen LogP contribution in [0.5, 0.6) is 0 Å². The quantitative estimate of drug-likeness (QED) is 0.793. The van der Waals surface area contributed by atoms with Gasteiger partial charge < -0.3 is 4.90 Å². The van der Waals surface area contributed by atoms with Crippen molar-refractivity contribution >= 4 is 50.0 Å². The van der Waals surface area contributed by atoms with E-state index in [0.717, 1.165) is 0 Å². The summed E-state index contributed by atoms with van der Waals surface area (Å²) in [5.41, 5.74) is 0.456. The molecule has 1 aromatic rings. The van der Waals surface area contributed by atoms with Gasteiger partial charge in [-0.1, -0.05) is 30.3 Å². The molecule has 0 aromatic heterocycles. The Balaban J connectivity index is 2.01. The molecule has 24 heavy (non-hydrogen) atoms. The number of rotatable bonds is 3. The molecule has 5 nitrogen and oxygen atoms in total. The molecule has 2 atom stereocenters. The molecular weight excluding hydrogens is 375 g/mol. The Morgan fingerprint density at radius 2 is 2.21 bits per heavy atom. The van der Waals surface area contributed by atoms with E-state index in [9.17, 15) is 17.6 Å². The third kappa shape index (κ3) is 3.45. The first-order valence-corrected chi connectivity index (χ1v) is 10.6. The third-order valence-electron chi connectivity index (χ3n) is 3.93. The molecule has 2 aliphatic heterocycles. The number of nitrogens with zero attached hydrogens (tertiary/aromatic N) is 2. The minimum Gasteiger partial charge on any atom is -0.315 e. The molecule has 0 radical (unpaired) electrons. The molecule has 1 aromatic carbocycles. The normalized spacial score (nSPS) is 26.8. The first-order chi connectivity index (χ1) is 11.3. The van der Waals surface area contributed by atoms with Gasteiger partial charge in [-0.05, 0) is 24.6 Å². The zero-order chi connectivity index (χ0) is 17.5. The Labute approximate surface area is 149 Å². The molecule has 0 bridgehead atoms. The smallest absolute Gasteiger partial charge is 0.248 e. The van der Waals surface area contributed by atoms with Crippen molar-refractivity contribution < 1.29 is 17.6 Å². The van der Waals surface area contributed by atoms with E-state index in [1.807, 2.05) is 6.92 Å². The monoisotopic (exact) mass is 390 g/mol. The number of thioether (sulfide) groups is 1. The van der Waals surface area contributed by atoms with Crippen LogP contribution in [-0.4, -0.2) is 42.3 Å². The standard InChI is InChI=1S/C15H16ClFN2O3S2/c1-2-3-14(20)18-15-19(9-4-5-10(16)11(17)6-9)12-7-24(21,22)8-13(12)23-15/h4-6,12-13H,2-3,7-8H2,1H3/t12-,13-/m0/s1. The predicted molar refractivity (Wildman–Crippen MR) is 95.1 cm³/mol. The van der Waals surface area contributed by atoms with E-state index in [4.69, 9.17) is 11.6 Å². The lowest BCUT2D eigenvalue weighted by Crippen LogP contribution is -2.37. The van der Waals surface area contributed by atoms with Gasteiger partial charge in [0.15, 0.2) is 15.0 Å². The van der Waals surface area contributed by atoms with Crippen molar-refractivity contribution in [2.75, 3.05) is 16.4 Å². The fourth-order valence-electron chi connectivity index (χ4n) is 2.88. The number of aliphatic imine (C=N–C) groups is 1. The highest BCUT2D eigenvalue weighted by molar-refractivity contribution is 8.16. The second kappa shape index (κ2) is 6.65. The summed E-state index contributed by atoms with van der Waals surface area (Å²) >= 11 is 7.00. The number of carbonyl (C=O) groups is 1. The lowest BCUT2D eigenvalue weighted by atomic mass is 10.2. The number of halogens is 2. The van der Waals surface area contributed by atoms with E-state index >= 15 is 0 Å². The maximum absolute atomic E-state index is 13.8. The van der Waals surface area contributed by atoms with E-state index in [1.54, 1.807) is 11.0 Å². The number of sulfone groups is 1. The van der Waals surface area contributed by atoms with E-state index in [1.165, 1.54) is 23.9 Å². The minimum absolute atomic E-state index is 0.0123. The molecule has 9 heteroatoms. The molecule has 3 rings (SSSR count). The van der Waals surface area contributed by atoms with E-state index < -0.39 is 15.7 Å². The summed E-state index contributed by atoms with van der Waals surface area (Å²) in [5.74, 6) is -0.851. The van der Waals surface area contributed by atoms with Gasteiger partial charge in [0.1, 0.15) is 5.82 Å². The largest absolute Gasteiger partial charge is 0.315 e. The second-order valence-corrected chi connectivity index (χ2v) is 9.57. The lowest BCUT2D eigenvalue weighted by molar-refractivity contribution is -0.117. The Bertz CT molecular complexity index is 813. The molecule has 130 valence electrons. The number of anilines is 1. The predicted octanol–water partition coefficient (Wildman–Crippen LogP) is 2.88. The van der Waals surface area contributed by atoms with Crippen LogP contribution in [0.3, 0.4) is 0 Å². The number of amides is 1. The van der Waals surface area contributed by atoms with Gasteiger partial charge in [0.2, 0.25) is 5.91 Å². The van der Waals surface area contributed by atoms with E-state index in [2.05, 4.69) is 4.99 Å². The third-order valence-corrected chi connectivity index (χ3v) is 7.45. The van der Waals surface area contributed by atoms with Crippen LogP contribution in [-0.2, 0) is 14.6 Å². The Kier molecular flexibility index (Phi) is 4.90. The van der Waals surface area contributed by atoms with Crippen LogP contribution in [0.2, 0.25) is 5.02 Å². The molecule has 2 fully saturated rings. The van der Waals surface area contributed by atoms with Crippen LogP contribution < -0.4 is 4.90 Å². The van der Waals surface area contributed by atoms with Gasteiger partial charge in [0, 0.05) is 17.4 Å². The van der Waals surface area contributed by atoms with Crippen LogP contribution in [0.4, 0.5) is 10.1 Å². The highest BCUT2D eigenvalue weighted by Crippen LogP contribution is 2.41. The Morgan fingerprint density at radius 1 is 1.46 bits per heavy atom. The van der Waals surface area contributed by atoms with Crippen LogP contribution in [0.1, 0.15) is 19.8 Å². The van der Waals surface area contributed by atoms with Crippen LogP contribution in [0.15, 0.2) is 23.2 Å². The van der Waals surface area contributed by atoms with E-state index in [-0.39, 0.29) is 33.7 Å². The van der Waals surface area contributed by atoms with Crippen molar-refractivity contribution in [2.45, 2.75) is 31.1 Å². The SMILES string of the molecule is CCCC(=O)N=C1S[C@H]2CS(=O)(=O)C[C@@H]2N1c1ccc(Cl)c(F)c1. The Hall–Kier alpha value is -1.12. The molecule has 0 aliphatic carbocycles. The number of hydrogen-bond donors (Lipinski definition) is 0.